The molecule has 1 fully saturated rings. The van der Waals surface area contributed by atoms with Crippen LogP contribution in [0.2, 0.25) is 0 Å². The Morgan fingerprint density at radius 2 is 1.71 bits per heavy atom. The maximum Gasteiger partial charge on any atom is 0.358 e. The fraction of sp³-hybridized carbons (Fsp3) is 0.667. The van der Waals surface area contributed by atoms with Gasteiger partial charge in [-0.3, -0.25) is 0 Å². The minimum Gasteiger partial charge on any atom is -0.447 e. The molecule has 2 rings (SSSR count). The summed E-state index contributed by atoms with van der Waals surface area (Å²) < 4.78 is 22.3. The number of ether oxygens (including phenoxy) is 4. The van der Waals surface area contributed by atoms with E-state index in [-0.39, 0.29) is 5.24 Å². The molecular formula is C21H32O6S. The van der Waals surface area contributed by atoms with E-state index in [9.17, 15) is 10.2 Å². The molecule has 7 heteroatoms. The molecule has 1 aliphatic rings. The van der Waals surface area contributed by atoms with Gasteiger partial charge < -0.3 is 29.2 Å². The predicted molar refractivity (Wildman–Crippen MR) is 110 cm³/mol. The quantitative estimate of drug-likeness (QED) is 0.449. The minimum atomic E-state index is -1.18. The zero-order valence-electron chi connectivity index (χ0n) is 16.7. The summed E-state index contributed by atoms with van der Waals surface area (Å²) in [5.74, 6) is 0.521. The van der Waals surface area contributed by atoms with Crippen molar-refractivity contribution < 1.29 is 29.2 Å². The monoisotopic (exact) mass is 412 g/mol. The van der Waals surface area contributed by atoms with Gasteiger partial charge >= 0.3 is 5.24 Å². The van der Waals surface area contributed by atoms with Gasteiger partial charge in [-0.05, 0) is 25.5 Å². The third-order valence-corrected chi connectivity index (χ3v) is 4.92. The summed E-state index contributed by atoms with van der Waals surface area (Å²) in [6.45, 7) is 4.37. The van der Waals surface area contributed by atoms with Gasteiger partial charge in [0.25, 0.3) is 0 Å². The molecule has 5 atom stereocenters. The van der Waals surface area contributed by atoms with E-state index in [4.69, 9.17) is 31.2 Å². The average molecular weight is 413 g/mol. The Labute approximate surface area is 172 Å². The molecule has 6 nitrogen and oxygen atoms in total. The molecule has 1 aromatic rings. The van der Waals surface area contributed by atoms with E-state index >= 15 is 0 Å². The average Bonchev–Trinajstić information content (AvgIpc) is 2.69. The molecule has 0 bridgehead atoms. The van der Waals surface area contributed by atoms with Crippen LogP contribution in [0.15, 0.2) is 30.3 Å². The van der Waals surface area contributed by atoms with E-state index in [0.717, 1.165) is 12.8 Å². The Balaban J connectivity index is 1.81. The fourth-order valence-corrected chi connectivity index (χ4v) is 3.28. The molecule has 0 saturated carbocycles. The Morgan fingerprint density at radius 1 is 1.04 bits per heavy atom. The minimum absolute atomic E-state index is 0.168. The van der Waals surface area contributed by atoms with Crippen LogP contribution in [-0.4, -0.2) is 52.8 Å². The first-order valence-electron chi connectivity index (χ1n) is 10.1. The van der Waals surface area contributed by atoms with Crippen molar-refractivity contribution in [1.82, 2.24) is 0 Å². The highest BCUT2D eigenvalue weighted by Gasteiger charge is 2.45. The van der Waals surface area contributed by atoms with Gasteiger partial charge in [-0.2, -0.15) is 0 Å². The molecule has 1 aliphatic heterocycles. The summed E-state index contributed by atoms with van der Waals surface area (Å²) in [6, 6.07) is 8.95. The highest BCUT2D eigenvalue weighted by molar-refractivity contribution is 7.79. The topological polar surface area (TPSA) is 77.4 Å². The molecule has 0 aliphatic carbocycles. The lowest BCUT2D eigenvalue weighted by atomic mass is 10.00. The highest BCUT2D eigenvalue weighted by atomic mass is 32.1. The number of hydrogen-bond acceptors (Lipinski definition) is 7. The molecule has 2 N–H and O–H groups in total. The summed E-state index contributed by atoms with van der Waals surface area (Å²) in [5.41, 5.74) is 0. The third kappa shape index (κ3) is 7.29. The number of benzene rings is 1. The van der Waals surface area contributed by atoms with E-state index in [0.29, 0.717) is 12.4 Å². The highest BCUT2D eigenvalue weighted by Crippen LogP contribution is 2.25. The molecule has 0 unspecified atom stereocenters. The van der Waals surface area contributed by atoms with Gasteiger partial charge in [-0.1, -0.05) is 57.2 Å². The van der Waals surface area contributed by atoms with Crippen LogP contribution in [0.25, 0.3) is 0 Å². The second-order valence-electron chi connectivity index (χ2n) is 7.08. The zero-order valence-corrected chi connectivity index (χ0v) is 17.5. The van der Waals surface area contributed by atoms with Crippen LogP contribution < -0.4 is 4.74 Å². The smallest absolute Gasteiger partial charge is 0.358 e. The molecule has 0 radical (unpaired) electrons. The predicted octanol–water partition coefficient (Wildman–Crippen LogP) is 3.58. The molecular weight excluding hydrogens is 380 g/mol. The van der Waals surface area contributed by atoms with Gasteiger partial charge in [0.2, 0.25) is 0 Å². The first-order valence-corrected chi connectivity index (χ1v) is 10.5. The normalized spacial score (nSPS) is 27.4. The van der Waals surface area contributed by atoms with E-state index in [1.54, 1.807) is 19.1 Å². The first kappa shape index (κ1) is 23.0. The number of aliphatic hydroxyl groups is 2. The second kappa shape index (κ2) is 12.3. The lowest BCUT2D eigenvalue weighted by Crippen LogP contribution is -2.59. The van der Waals surface area contributed by atoms with Gasteiger partial charge in [-0.25, -0.2) is 0 Å². The van der Waals surface area contributed by atoms with Crippen molar-refractivity contribution in [3.63, 3.8) is 0 Å². The van der Waals surface area contributed by atoms with Crippen molar-refractivity contribution in [3.8, 4) is 5.75 Å². The van der Waals surface area contributed by atoms with E-state index in [1.807, 2.05) is 18.2 Å². The van der Waals surface area contributed by atoms with Crippen molar-refractivity contribution in [2.24, 2.45) is 0 Å². The van der Waals surface area contributed by atoms with Crippen LogP contribution in [0.4, 0.5) is 0 Å². The molecule has 1 heterocycles. The number of aliphatic hydroxyl groups excluding tert-OH is 2. The lowest BCUT2D eigenvalue weighted by molar-refractivity contribution is -0.291. The Hall–Kier alpha value is -1.25. The summed E-state index contributed by atoms with van der Waals surface area (Å²) in [5, 5.41) is 20.7. The van der Waals surface area contributed by atoms with Crippen LogP contribution in [0.3, 0.4) is 0 Å². The molecule has 158 valence electrons. The van der Waals surface area contributed by atoms with Crippen LogP contribution in [0, 0.1) is 0 Å². The molecule has 1 aromatic carbocycles. The van der Waals surface area contributed by atoms with Crippen LogP contribution >= 0.6 is 12.2 Å². The van der Waals surface area contributed by atoms with Crippen molar-refractivity contribution in [2.75, 3.05) is 6.61 Å². The number of unbranched alkanes of at least 4 members (excludes halogenated alkanes) is 5. The van der Waals surface area contributed by atoms with Gasteiger partial charge in [0, 0.05) is 18.8 Å². The number of hydrogen-bond donors (Lipinski definition) is 2. The van der Waals surface area contributed by atoms with Crippen LogP contribution in [0.1, 0.15) is 52.4 Å². The first-order chi connectivity index (χ1) is 13.5. The summed E-state index contributed by atoms with van der Waals surface area (Å²) in [4.78, 5) is 0. The van der Waals surface area contributed by atoms with Crippen LogP contribution in [-0.2, 0) is 14.2 Å². The lowest BCUT2D eigenvalue weighted by Gasteiger charge is -2.40. The van der Waals surface area contributed by atoms with Gasteiger partial charge in [-0.15, -0.1) is 0 Å². The zero-order chi connectivity index (χ0) is 20.4. The molecule has 0 amide bonds. The van der Waals surface area contributed by atoms with Gasteiger partial charge in [0.05, 0.1) is 6.10 Å². The Bertz CT molecular complexity index is 569. The van der Waals surface area contributed by atoms with Crippen molar-refractivity contribution in [2.45, 2.75) is 83.1 Å². The maximum absolute atomic E-state index is 10.6. The fourth-order valence-electron chi connectivity index (χ4n) is 3.08. The van der Waals surface area contributed by atoms with Crippen molar-refractivity contribution >= 4 is 17.5 Å². The molecule has 0 aromatic heterocycles. The van der Waals surface area contributed by atoms with E-state index in [1.165, 1.54) is 25.7 Å². The largest absolute Gasteiger partial charge is 0.447 e. The van der Waals surface area contributed by atoms with Crippen molar-refractivity contribution in [1.29, 1.82) is 0 Å². The van der Waals surface area contributed by atoms with E-state index in [2.05, 4.69) is 6.92 Å². The van der Waals surface area contributed by atoms with Crippen LogP contribution in [0.5, 0.6) is 5.75 Å². The summed E-state index contributed by atoms with van der Waals surface area (Å²) in [6.07, 6.45) is 2.19. The number of para-hydroxylation sites is 1. The Kier molecular flexibility index (Phi) is 10.2. The SMILES string of the molecule is CCCCCCCCO[C@H]1O[C@@H](C)[C@H](O)[C@@H](OC(=S)Oc2ccccc2)[C@H]1O. The molecule has 1 saturated heterocycles. The van der Waals surface area contributed by atoms with Crippen molar-refractivity contribution in [3.05, 3.63) is 30.3 Å². The standard InChI is InChI=1S/C21H32O6S/c1-3-4-5-6-7-11-14-24-20-18(23)19(17(22)15(2)25-20)27-21(28)26-16-12-9-8-10-13-16/h8-10,12-13,15,17-20,22-23H,3-7,11,14H2,1-2H3/t15-,17-,18+,19+,20-/m0/s1. The van der Waals surface area contributed by atoms with E-state index < -0.39 is 30.7 Å². The van der Waals surface area contributed by atoms with Gasteiger partial charge in [0.1, 0.15) is 18.0 Å². The molecule has 28 heavy (non-hydrogen) atoms. The number of rotatable bonds is 10. The van der Waals surface area contributed by atoms with Gasteiger partial charge in [0.15, 0.2) is 12.4 Å². The molecule has 0 spiro atoms. The number of thiocarbonyl (C=S) groups is 1. The third-order valence-electron chi connectivity index (χ3n) is 4.74. The Morgan fingerprint density at radius 3 is 2.43 bits per heavy atom. The summed E-state index contributed by atoms with van der Waals surface area (Å²) in [7, 11) is 0. The summed E-state index contributed by atoms with van der Waals surface area (Å²) >= 11 is 5.11. The second-order valence-corrected chi connectivity index (χ2v) is 7.41. The maximum atomic E-state index is 10.6.